The molecule has 2 aromatic heterocycles. The lowest BCUT2D eigenvalue weighted by Gasteiger charge is -2.32. The number of H-pyrrole nitrogens is 1. The molecule has 1 aliphatic heterocycles. The van der Waals surface area contributed by atoms with Gasteiger partial charge in [-0.25, -0.2) is 13.2 Å². The van der Waals surface area contributed by atoms with Crippen molar-refractivity contribution in [1.29, 1.82) is 0 Å². The van der Waals surface area contributed by atoms with Crippen LogP contribution in [0.4, 0.5) is 13.2 Å². The van der Waals surface area contributed by atoms with Crippen molar-refractivity contribution >= 4 is 22.6 Å². The summed E-state index contributed by atoms with van der Waals surface area (Å²) >= 11 is 5.91. The van der Waals surface area contributed by atoms with Crippen molar-refractivity contribution in [2.45, 2.75) is 6.42 Å². The number of nitrogens with one attached hydrogen (secondary N) is 1. The molecule has 8 nitrogen and oxygen atoms in total. The molecular formula is C25H24ClF3N6O2. The number of benzene rings is 2. The second-order valence-electron chi connectivity index (χ2n) is 8.76. The molecule has 1 saturated heterocycles. The topological polar surface area (TPSA) is 79.4 Å². The van der Waals surface area contributed by atoms with Gasteiger partial charge in [-0.2, -0.15) is 15.1 Å². The minimum atomic E-state index is -0.913. The molecule has 0 atom stereocenters. The molecule has 12 heteroatoms. The molecule has 3 heterocycles. The maximum Gasteiger partial charge on any atom is 0.327 e. The molecule has 0 radical (unpaired) electrons. The van der Waals surface area contributed by atoms with Crippen LogP contribution in [0.2, 0.25) is 5.02 Å². The highest BCUT2D eigenvalue weighted by molar-refractivity contribution is 6.30. The first kappa shape index (κ1) is 25.2. The van der Waals surface area contributed by atoms with Crippen LogP contribution in [-0.4, -0.2) is 76.3 Å². The summed E-state index contributed by atoms with van der Waals surface area (Å²) in [4.78, 5) is 13.2. The Kier molecular flexibility index (Phi) is 7.45. The Hall–Kier alpha value is -3.41. The van der Waals surface area contributed by atoms with Crippen LogP contribution in [0.3, 0.4) is 0 Å². The standard InChI is InChI=1S/C25H24ClF3N6O2/c1-34-8-10-35(11-9-34)7-2-12-36-24-21-22(17-5-3-15(26)13-18(17)28)32-33-23(21)30-25(31-24)37-20-6-4-16(27)14-19(20)29/h3-6,13-14H,2,7-12H2,1H3,(H,30,31,32,33). The number of nitrogens with zero attached hydrogens (tertiary/aromatic N) is 5. The van der Waals surface area contributed by atoms with Crippen molar-refractivity contribution in [3.8, 4) is 28.9 Å². The van der Waals surface area contributed by atoms with Crippen LogP contribution in [0, 0.1) is 17.5 Å². The SMILES string of the molecule is CN1CCN(CCCOc2nc(Oc3ccc(F)cc3F)nc3n[nH]c(-c4ccc(Cl)cc4F)c23)CC1. The summed E-state index contributed by atoms with van der Waals surface area (Å²) in [6, 6.07) is 6.90. The Morgan fingerprint density at radius 1 is 1.00 bits per heavy atom. The van der Waals surface area contributed by atoms with Gasteiger partial charge in [0, 0.05) is 49.4 Å². The molecule has 4 aromatic rings. The van der Waals surface area contributed by atoms with Gasteiger partial charge in [0.1, 0.15) is 17.0 Å². The summed E-state index contributed by atoms with van der Waals surface area (Å²) in [6.07, 6.45) is 0.723. The highest BCUT2D eigenvalue weighted by Gasteiger charge is 2.22. The van der Waals surface area contributed by atoms with Crippen LogP contribution >= 0.6 is 11.6 Å². The third kappa shape index (κ3) is 5.79. The van der Waals surface area contributed by atoms with Crippen molar-refractivity contribution < 1.29 is 22.6 Å². The summed E-state index contributed by atoms with van der Waals surface area (Å²) < 4.78 is 53.7. The maximum atomic E-state index is 14.7. The van der Waals surface area contributed by atoms with Crippen LogP contribution in [0.25, 0.3) is 22.3 Å². The molecule has 1 N–H and O–H groups in total. The summed E-state index contributed by atoms with van der Waals surface area (Å²) in [5, 5.41) is 7.53. The van der Waals surface area contributed by atoms with Crippen molar-refractivity contribution in [3.05, 3.63) is 58.9 Å². The quantitative estimate of drug-likeness (QED) is 0.323. The Morgan fingerprint density at radius 3 is 2.57 bits per heavy atom. The first-order valence-corrected chi connectivity index (χ1v) is 12.1. The van der Waals surface area contributed by atoms with Crippen molar-refractivity contribution in [2.24, 2.45) is 0 Å². The van der Waals surface area contributed by atoms with E-state index < -0.39 is 17.5 Å². The molecule has 2 aromatic carbocycles. The summed E-state index contributed by atoms with van der Waals surface area (Å²) in [6.45, 7) is 5.15. The molecule has 0 amide bonds. The van der Waals surface area contributed by atoms with Crippen molar-refractivity contribution in [1.82, 2.24) is 30.0 Å². The monoisotopic (exact) mass is 532 g/mol. The van der Waals surface area contributed by atoms with E-state index in [0.717, 1.165) is 51.3 Å². The van der Waals surface area contributed by atoms with E-state index in [1.54, 1.807) is 6.07 Å². The number of likely N-dealkylation sites (N-methyl/N-ethyl adjacent to an activating group) is 1. The average molecular weight is 533 g/mol. The van der Waals surface area contributed by atoms with Gasteiger partial charge in [-0.3, -0.25) is 5.10 Å². The molecule has 0 unspecified atom stereocenters. The van der Waals surface area contributed by atoms with E-state index in [1.807, 2.05) is 0 Å². The lowest BCUT2D eigenvalue weighted by Crippen LogP contribution is -2.44. The van der Waals surface area contributed by atoms with Gasteiger partial charge in [-0.05, 0) is 43.8 Å². The van der Waals surface area contributed by atoms with E-state index >= 15 is 0 Å². The lowest BCUT2D eigenvalue weighted by atomic mass is 10.1. The van der Waals surface area contributed by atoms with Gasteiger partial charge in [0.05, 0.1) is 12.3 Å². The van der Waals surface area contributed by atoms with E-state index in [0.29, 0.717) is 23.8 Å². The van der Waals surface area contributed by atoms with Gasteiger partial charge >= 0.3 is 6.01 Å². The Balaban J connectivity index is 1.43. The van der Waals surface area contributed by atoms with E-state index in [2.05, 4.69) is 37.0 Å². The maximum absolute atomic E-state index is 14.7. The molecule has 0 bridgehead atoms. The zero-order valence-corrected chi connectivity index (χ0v) is 20.7. The van der Waals surface area contributed by atoms with Gasteiger partial charge in [-0.1, -0.05) is 11.6 Å². The van der Waals surface area contributed by atoms with Gasteiger partial charge in [0.25, 0.3) is 0 Å². The summed E-state index contributed by atoms with van der Waals surface area (Å²) in [7, 11) is 2.10. The second kappa shape index (κ2) is 10.9. The average Bonchev–Trinajstić information content (AvgIpc) is 3.28. The predicted octanol–water partition coefficient (Wildman–Crippen LogP) is 4.90. The highest BCUT2D eigenvalue weighted by Crippen LogP contribution is 2.36. The number of hydrogen-bond acceptors (Lipinski definition) is 7. The zero-order valence-electron chi connectivity index (χ0n) is 20.0. The van der Waals surface area contributed by atoms with E-state index in [-0.39, 0.29) is 33.9 Å². The van der Waals surface area contributed by atoms with Gasteiger partial charge in [0.2, 0.25) is 5.88 Å². The smallest absolute Gasteiger partial charge is 0.327 e. The van der Waals surface area contributed by atoms with Gasteiger partial charge in [0.15, 0.2) is 17.2 Å². The molecule has 194 valence electrons. The fourth-order valence-electron chi connectivity index (χ4n) is 4.10. The molecular weight excluding hydrogens is 509 g/mol. The largest absolute Gasteiger partial charge is 0.477 e. The fourth-order valence-corrected chi connectivity index (χ4v) is 4.26. The minimum Gasteiger partial charge on any atom is -0.477 e. The van der Waals surface area contributed by atoms with Crippen molar-refractivity contribution in [3.63, 3.8) is 0 Å². The number of hydrogen-bond donors (Lipinski definition) is 1. The van der Waals surface area contributed by atoms with E-state index in [4.69, 9.17) is 21.1 Å². The van der Waals surface area contributed by atoms with Crippen molar-refractivity contribution in [2.75, 3.05) is 46.4 Å². The first-order valence-electron chi connectivity index (χ1n) is 11.8. The molecule has 37 heavy (non-hydrogen) atoms. The normalized spacial score (nSPS) is 14.8. The van der Waals surface area contributed by atoms with E-state index in [9.17, 15) is 13.2 Å². The fraction of sp³-hybridized carbons (Fsp3) is 0.320. The number of ether oxygens (including phenoxy) is 2. The summed E-state index contributed by atoms with van der Waals surface area (Å²) in [5.41, 5.74) is 0.639. The van der Waals surface area contributed by atoms with Crippen LogP contribution in [0.1, 0.15) is 6.42 Å². The summed E-state index contributed by atoms with van der Waals surface area (Å²) in [5.74, 6) is -2.38. The molecule has 1 aliphatic rings. The molecule has 5 rings (SSSR count). The lowest BCUT2D eigenvalue weighted by molar-refractivity contribution is 0.145. The molecule has 0 aliphatic carbocycles. The van der Waals surface area contributed by atoms with Crippen LogP contribution in [-0.2, 0) is 0 Å². The number of fused-ring (bicyclic) bond motifs is 1. The van der Waals surface area contributed by atoms with Crippen LogP contribution in [0.5, 0.6) is 17.6 Å². The molecule has 1 fully saturated rings. The predicted molar refractivity (Wildman–Crippen MR) is 133 cm³/mol. The van der Waals surface area contributed by atoms with E-state index in [1.165, 1.54) is 12.1 Å². The zero-order chi connectivity index (χ0) is 25.9. The Labute approximate surface area is 216 Å². The minimum absolute atomic E-state index is 0.0963. The third-order valence-corrected chi connectivity index (χ3v) is 6.34. The number of aromatic amines is 1. The Bertz CT molecular complexity index is 1410. The molecule has 0 spiro atoms. The van der Waals surface area contributed by atoms with Gasteiger partial charge < -0.3 is 19.3 Å². The molecule has 0 saturated carbocycles. The number of aromatic nitrogens is 4. The number of piperazine rings is 1. The second-order valence-corrected chi connectivity index (χ2v) is 9.19. The van der Waals surface area contributed by atoms with Crippen LogP contribution in [0.15, 0.2) is 36.4 Å². The highest BCUT2D eigenvalue weighted by atomic mass is 35.5. The van der Waals surface area contributed by atoms with Crippen LogP contribution < -0.4 is 9.47 Å². The third-order valence-electron chi connectivity index (χ3n) is 6.11. The number of rotatable bonds is 8. The first-order chi connectivity index (χ1) is 17.9. The number of halogens is 4. The van der Waals surface area contributed by atoms with Gasteiger partial charge in [-0.15, -0.1) is 0 Å². The Morgan fingerprint density at radius 2 is 1.81 bits per heavy atom.